The van der Waals surface area contributed by atoms with Crippen LogP contribution in [0.4, 0.5) is 0 Å². The highest BCUT2D eigenvalue weighted by molar-refractivity contribution is 5.37. The van der Waals surface area contributed by atoms with E-state index >= 15 is 0 Å². The van der Waals surface area contributed by atoms with Gasteiger partial charge in [-0.25, -0.2) is 0 Å². The third-order valence-electron chi connectivity index (χ3n) is 4.24. The SMILES string of the molecule is CC1(Oc2ccc3c(c2)CCCC3)CCCNC1. The summed E-state index contributed by atoms with van der Waals surface area (Å²) in [7, 11) is 0. The van der Waals surface area contributed by atoms with E-state index in [1.54, 1.807) is 0 Å². The van der Waals surface area contributed by atoms with Crippen LogP contribution in [0.3, 0.4) is 0 Å². The topological polar surface area (TPSA) is 21.3 Å². The molecule has 0 aromatic heterocycles. The molecule has 1 aromatic rings. The molecule has 1 heterocycles. The first-order valence-corrected chi connectivity index (χ1v) is 7.27. The van der Waals surface area contributed by atoms with Crippen LogP contribution in [0.2, 0.25) is 0 Å². The van der Waals surface area contributed by atoms with Crippen LogP contribution in [0.25, 0.3) is 0 Å². The van der Waals surface area contributed by atoms with E-state index < -0.39 is 0 Å². The first kappa shape index (κ1) is 12.0. The highest BCUT2D eigenvalue weighted by Gasteiger charge is 2.28. The summed E-state index contributed by atoms with van der Waals surface area (Å²) in [5.74, 6) is 1.06. The Morgan fingerprint density at radius 2 is 1.94 bits per heavy atom. The van der Waals surface area contributed by atoms with Gasteiger partial charge in [-0.2, -0.15) is 0 Å². The number of nitrogens with one attached hydrogen (secondary N) is 1. The Labute approximate surface area is 110 Å². The molecule has 1 aliphatic carbocycles. The Morgan fingerprint density at radius 1 is 1.11 bits per heavy atom. The fraction of sp³-hybridized carbons (Fsp3) is 0.625. The van der Waals surface area contributed by atoms with Gasteiger partial charge in [-0.1, -0.05) is 6.07 Å². The molecule has 1 aromatic carbocycles. The Kier molecular flexibility index (Phi) is 3.29. The molecule has 2 heteroatoms. The van der Waals surface area contributed by atoms with Crippen LogP contribution in [0.1, 0.15) is 43.7 Å². The molecule has 98 valence electrons. The van der Waals surface area contributed by atoms with Crippen LogP contribution < -0.4 is 10.1 Å². The van der Waals surface area contributed by atoms with Crippen molar-refractivity contribution in [1.29, 1.82) is 0 Å². The number of ether oxygens (including phenoxy) is 1. The van der Waals surface area contributed by atoms with Crippen molar-refractivity contribution in [3.05, 3.63) is 29.3 Å². The summed E-state index contributed by atoms with van der Waals surface area (Å²) in [6, 6.07) is 6.70. The lowest BCUT2D eigenvalue weighted by molar-refractivity contribution is 0.0613. The summed E-state index contributed by atoms with van der Waals surface area (Å²) in [5.41, 5.74) is 3.01. The maximum absolute atomic E-state index is 6.25. The van der Waals surface area contributed by atoms with Crippen LogP contribution >= 0.6 is 0 Å². The Hall–Kier alpha value is -1.02. The predicted octanol–water partition coefficient (Wildman–Crippen LogP) is 3.09. The smallest absolute Gasteiger partial charge is 0.120 e. The molecular formula is C16H23NO. The van der Waals surface area contributed by atoms with E-state index in [-0.39, 0.29) is 5.60 Å². The number of aryl methyl sites for hydroxylation is 2. The normalized spacial score (nSPS) is 27.6. The molecule has 3 rings (SSSR count). The van der Waals surface area contributed by atoms with E-state index in [0.29, 0.717) is 0 Å². The van der Waals surface area contributed by atoms with E-state index in [1.165, 1.54) is 43.2 Å². The van der Waals surface area contributed by atoms with Gasteiger partial charge in [0.2, 0.25) is 0 Å². The quantitative estimate of drug-likeness (QED) is 0.864. The van der Waals surface area contributed by atoms with Crippen LogP contribution in [0, 0.1) is 0 Å². The van der Waals surface area contributed by atoms with Crippen LogP contribution in [-0.4, -0.2) is 18.7 Å². The Balaban J connectivity index is 1.76. The average molecular weight is 245 g/mol. The second-order valence-corrected chi connectivity index (χ2v) is 5.97. The van der Waals surface area contributed by atoms with Gasteiger partial charge >= 0.3 is 0 Å². The molecule has 0 radical (unpaired) electrons. The first-order valence-electron chi connectivity index (χ1n) is 7.27. The predicted molar refractivity (Wildman–Crippen MR) is 74.2 cm³/mol. The van der Waals surface area contributed by atoms with Crippen molar-refractivity contribution >= 4 is 0 Å². The lowest BCUT2D eigenvalue weighted by Gasteiger charge is -2.35. The first-order chi connectivity index (χ1) is 8.75. The van der Waals surface area contributed by atoms with Gasteiger partial charge in [0, 0.05) is 6.54 Å². The van der Waals surface area contributed by atoms with E-state index in [2.05, 4.69) is 30.4 Å². The summed E-state index contributed by atoms with van der Waals surface area (Å²) in [5, 5.41) is 3.43. The van der Waals surface area contributed by atoms with Gasteiger partial charge in [-0.05, 0) is 75.3 Å². The summed E-state index contributed by atoms with van der Waals surface area (Å²) in [4.78, 5) is 0. The van der Waals surface area contributed by atoms with Crippen molar-refractivity contribution in [3.8, 4) is 5.75 Å². The van der Waals surface area contributed by atoms with Crippen molar-refractivity contribution < 1.29 is 4.74 Å². The van der Waals surface area contributed by atoms with Gasteiger partial charge in [0.25, 0.3) is 0 Å². The molecule has 0 saturated carbocycles. The second-order valence-electron chi connectivity index (χ2n) is 5.97. The number of benzene rings is 1. The van der Waals surface area contributed by atoms with Gasteiger partial charge in [-0.15, -0.1) is 0 Å². The van der Waals surface area contributed by atoms with Gasteiger partial charge in [0.05, 0.1) is 0 Å². The van der Waals surface area contributed by atoms with Crippen molar-refractivity contribution in [2.75, 3.05) is 13.1 Å². The maximum atomic E-state index is 6.25. The van der Waals surface area contributed by atoms with Crippen molar-refractivity contribution in [2.45, 2.75) is 51.0 Å². The third kappa shape index (κ3) is 2.54. The van der Waals surface area contributed by atoms with Gasteiger partial charge < -0.3 is 10.1 Å². The minimum Gasteiger partial charge on any atom is -0.486 e. The molecule has 1 aliphatic heterocycles. The Morgan fingerprint density at radius 3 is 2.72 bits per heavy atom. The fourth-order valence-corrected chi connectivity index (χ4v) is 3.17. The number of hydrogen-bond donors (Lipinski definition) is 1. The Bertz CT molecular complexity index is 421. The molecule has 2 aliphatic rings. The van der Waals surface area contributed by atoms with Crippen LogP contribution in [0.5, 0.6) is 5.75 Å². The minimum absolute atomic E-state index is 0.0266. The summed E-state index contributed by atoms with van der Waals surface area (Å²) in [6.07, 6.45) is 7.50. The van der Waals surface area contributed by atoms with Gasteiger partial charge in [0.1, 0.15) is 11.4 Å². The lowest BCUT2D eigenvalue weighted by atomic mass is 9.91. The fourth-order valence-electron chi connectivity index (χ4n) is 3.17. The zero-order valence-electron chi connectivity index (χ0n) is 11.3. The zero-order valence-corrected chi connectivity index (χ0v) is 11.3. The number of piperidine rings is 1. The molecule has 1 atom stereocenters. The highest BCUT2D eigenvalue weighted by atomic mass is 16.5. The molecule has 1 N–H and O–H groups in total. The molecular weight excluding hydrogens is 222 g/mol. The van der Waals surface area contributed by atoms with Crippen molar-refractivity contribution in [3.63, 3.8) is 0 Å². The number of rotatable bonds is 2. The lowest BCUT2D eigenvalue weighted by Crippen LogP contribution is -2.47. The molecule has 18 heavy (non-hydrogen) atoms. The van der Waals surface area contributed by atoms with Gasteiger partial charge in [0.15, 0.2) is 0 Å². The summed E-state index contributed by atoms with van der Waals surface area (Å²) >= 11 is 0. The largest absolute Gasteiger partial charge is 0.486 e. The number of fused-ring (bicyclic) bond motifs is 1. The van der Waals surface area contributed by atoms with E-state index in [4.69, 9.17) is 4.74 Å². The molecule has 0 bridgehead atoms. The molecule has 1 saturated heterocycles. The molecule has 1 unspecified atom stereocenters. The zero-order chi connectivity index (χ0) is 12.4. The van der Waals surface area contributed by atoms with E-state index in [0.717, 1.165) is 25.3 Å². The molecule has 2 nitrogen and oxygen atoms in total. The monoisotopic (exact) mass is 245 g/mol. The summed E-state index contributed by atoms with van der Waals surface area (Å²) in [6.45, 7) is 4.31. The standard InChI is InChI=1S/C16H23NO/c1-16(9-4-10-17-12-16)18-15-8-7-13-5-2-3-6-14(13)11-15/h7-8,11,17H,2-6,9-10,12H2,1H3. The third-order valence-corrected chi connectivity index (χ3v) is 4.24. The van der Waals surface area contributed by atoms with Crippen molar-refractivity contribution in [2.24, 2.45) is 0 Å². The van der Waals surface area contributed by atoms with E-state index in [9.17, 15) is 0 Å². The maximum Gasteiger partial charge on any atom is 0.120 e. The summed E-state index contributed by atoms with van der Waals surface area (Å²) < 4.78 is 6.25. The van der Waals surface area contributed by atoms with Crippen molar-refractivity contribution in [1.82, 2.24) is 5.32 Å². The van der Waals surface area contributed by atoms with Crippen LogP contribution in [0.15, 0.2) is 18.2 Å². The van der Waals surface area contributed by atoms with Gasteiger partial charge in [-0.3, -0.25) is 0 Å². The average Bonchev–Trinajstić information content (AvgIpc) is 2.39. The van der Waals surface area contributed by atoms with E-state index in [1.807, 2.05) is 0 Å². The number of hydrogen-bond acceptors (Lipinski definition) is 2. The molecule has 1 fully saturated rings. The second kappa shape index (κ2) is 4.93. The molecule has 0 spiro atoms. The molecule has 0 amide bonds. The minimum atomic E-state index is -0.0266. The highest BCUT2D eigenvalue weighted by Crippen LogP contribution is 2.29. The van der Waals surface area contributed by atoms with Crippen LogP contribution in [-0.2, 0) is 12.8 Å².